The van der Waals surface area contributed by atoms with E-state index in [4.69, 9.17) is 6.57 Å². The summed E-state index contributed by atoms with van der Waals surface area (Å²) >= 11 is 0. The van der Waals surface area contributed by atoms with Gasteiger partial charge in [-0.15, -0.1) is 0 Å². The zero-order valence-corrected chi connectivity index (χ0v) is 21.6. The highest BCUT2D eigenvalue weighted by Gasteiger charge is 2.39. The molecule has 1 unspecified atom stereocenters. The Kier molecular flexibility index (Phi) is 6.46. The van der Waals surface area contributed by atoms with E-state index in [0.717, 1.165) is 4.90 Å². The lowest BCUT2D eigenvalue weighted by molar-refractivity contribution is -0.127. The van der Waals surface area contributed by atoms with Gasteiger partial charge in [-0.25, -0.2) is 9.53 Å². The maximum Gasteiger partial charge on any atom is 0.281 e. The second-order valence-corrected chi connectivity index (χ2v) is 9.36. The molecule has 0 radical (unpaired) electrons. The van der Waals surface area contributed by atoms with Crippen LogP contribution < -0.4 is 16.0 Å². The average molecular weight is 520 g/mol. The molecule has 4 aromatic rings. The molecule has 3 heterocycles. The number of benzene rings is 2. The van der Waals surface area contributed by atoms with Crippen LogP contribution in [0.5, 0.6) is 0 Å². The highest BCUT2D eigenvalue weighted by molar-refractivity contribution is 6.25. The van der Waals surface area contributed by atoms with Gasteiger partial charge in [-0.2, -0.15) is 0 Å². The number of H-pyrrole nitrogens is 1. The summed E-state index contributed by atoms with van der Waals surface area (Å²) in [5, 5.41) is 3.43. The molecule has 0 fully saturated rings. The van der Waals surface area contributed by atoms with Gasteiger partial charge in [-0.05, 0) is 48.7 Å². The van der Waals surface area contributed by atoms with Crippen molar-refractivity contribution in [3.8, 4) is 5.69 Å². The van der Waals surface area contributed by atoms with Gasteiger partial charge in [0.05, 0.1) is 29.3 Å². The number of rotatable bonds is 5. The maximum absolute atomic E-state index is 13.4. The number of anilines is 1. The van der Waals surface area contributed by atoms with E-state index < -0.39 is 17.7 Å². The van der Waals surface area contributed by atoms with Gasteiger partial charge in [-0.1, -0.05) is 55.5 Å². The third kappa shape index (κ3) is 4.12. The minimum Gasteiger partial charge on any atom is -0.296 e. The molecule has 9 nitrogen and oxygen atoms in total. The van der Waals surface area contributed by atoms with Gasteiger partial charge < -0.3 is 0 Å². The molecule has 194 valence electrons. The summed E-state index contributed by atoms with van der Waals surface area (Å²) in [4.78, 5) is 57.4. The number of aromatic nitrogens is 3. The minimum atomic E-state index is -0.751. The number of fused-ring (bicyclic) bond motifs is 1. The number of nitrogens with one attached hydrogen (secondary N) is 1. The smallest absolute Gasteiger partial charge is 0.281 e. The second-order valence-electron chi connectivity index (χ2n) is 9.36. The summed E-state index contributed by atoms with van der Waals surface area (Å²) in [5.41, 5.74) is 2.03. The summed E-state index contributed by atoms with van der Waals surface area (Å²) in [6, 6.07) is 17.6. The quantitative estimate of drug-likeness (QED) is 0.317. The van der Waals surface area contributed by atoms with Gasteiger partial charge in [0.1, 0.15) is 5.65 Å². The Morgan fingerprint density at radius 2 is 1.54 bits per heavy atom. The molecule has 1 atom stereocenters. The number of aromatic amines is 1. The molecule has 0 spiro atoms. The predicted molar refractivity (Wildman–Crippen MR) is 149 cm³/mol. The Hall–Kier alpha value is -5.23. The number of hydrogen-bond acceptors (Lipinski definition) is 4. The summed E-state index contributed by atoms with van der Waals surface area (Å²) in [6.07, 6.45) is 3.46. The summed E-state index contributed by atoms with van der Waals surface area (Å²) in [7, 11) is 1.59. The van der Waals surface area contributed by atoms with E-state index in [1.165, 1.54) is 9.25 Å². The van der Waals surface area contributed by atoms with E-state index in [1.54, 1.807) is 75.5 Å². The zero-order valence-electron chi connectivity index (χ0n) is 21.6. The van der Waals surface area contributed by atoms with Crippen molar-refractivity contribution in [2.75, 3.05) is 4.90 Å². The van der Waals surface area contributed by atoms with Crippen LogP contribution in [0.1, 0.15) is 24.5 Å². The first-order valence-electron chi connectivity index (χ1n) is 12.3. The highest BCUT2D eigenvalue weighted by atomic mass is 16.2. The van der Waals surface area contributed by atoms with Crippen molar-refractivity contribution in [1.82, 2.24) is 14.3 Å². The standard InChI is InChI=1S/C30H25N5O4/c1-18-22(27(36)33(4)26-24(18)29(38)35(32-26)21-14-9-6-10-15-21)16-11-17-23-19(2)25(31-3)30(39)34(28(23)37)20-12-7-5-8-13-20/h5-16,23,32H,17H2,1-2,4H3. The van der Waals surface area contributed by atoms with Crippen molar-refractivity contribution in [3.05, 3.63) is 121 Å². The molecule has 39 heavy (non-hydrogen) atoms. The van der Waals surface area contributed by atoms with E-state index in [0.29, 0.717) is 39.1 Å². The van der Waals surface area contributed by atoms with Crippen LogP contribution in [0.15, 0.2) is 87.6 Å². The van der Waals surface area contributed by atoms with Crippen molar-refractivity contribution in [2.24, 2.45) is 13.0 Å². The van der Waals surface area contributed by atoms with Crippen LogP contribution >= 0.6 is 0 Å². The zero-order chi connectivity index (χ0) is 27.8. The molecule has 1 N–H and O–H groups in total. The third-order valence-electron chi connectivity index (χ3n) is 7.14. The van der Waals surface area contributed by atoms with Gasteiger partial charge in [-0.3, -0.25) is 33.7 Å². The fraction of sp³-hybridized carbons (Fsp3) is 0.167. The van der Waals surface area contributed by atoms with E-state index in [1.807, 2.05) is 18.2 Å². The average Bonchev–Trinajstić information content (AvgIpc) is 3.29. The summed E-state index contributed by atoms with van der Waals surface area (Å²) in [6.45, 7) is 10.9. The topological polar surface area (TPSA) is 102 Å². The van der Waals surface area contributed by atoms with Crippen LogP contribution in [-0.4, -0.2) is 26.2 Å². The Morgan fingerprint density at radius 3 is 2.15 bits per heavy atom. The molecule has 2 aromatic heterocycles. The van der Waals surface area contributed by atoms with E-state index in [9.17, 15) is 19.2 Å². The van der Waals surface area contributed by atoms with Crippen LogP contribution in [0.3, 0.4) is 0 Å². The minimum absolute atomic E-state index is 0.0841. The maximum atomic E-state index is 13.4. The van der Waals surface area contributed by atoms with Gasteiger partial charge in [0.25, 0.3) is 22.7 Å². The number of nitrogens with zero attached hydrogens (tertiary/aromatic N) is 4. The second kappa shape index (κ2) is 9.91. The third-order valence-corrected chi connectivity index (χ3v) is 7.14. The molecule has 2 amide bonds. The highest BCUT2D eigenvalue weighted by Crippen LogP contribution is 2.32. The number of amides is 2. The molecule has 1 aliphatic rings. The van der Waals surface area contributed by atoms with Gasteiger partial charge in [0, 0.05) is 12.6 Å². The lowest BCUT2D eigenvalue weighted by atomic mass is 9.89. The molecule has 0 bridgehead atoms. The van der Waals surface area contributed by atoms with Crippen molar-refractivity contribution in [2.45, 2.75) is 20.3 Å². The number of carbonyl (C=O) groups excluding carboxylic acids is 2. The van der Waals surface area contributed by atoms with E-state index in [-0.39, 0.29) is 23.2 Å². The predicted octanol–water partition coefficient (Wildman–Crippen LogP) is 4.11. The summed E-state index contributed by atoms with van der Waals surface area (Å²) < 4.78 is 2.80. The number of carbonyl (C=O) groups is 2. The Balaban J connectivity index is 1.54. The Bertz CT molecular complexity index is 1850. The molecular weight excluding hydrogens is 494 g/mol. The monoisotopic (exact) mass is 519 g/mol. The SMILES string of the molecule is [C-]#[N+]C1=C(C)C(CC=Cc2c(C)c3c(=O)n(-c4ccccc4)[nH]c3n(C)c2=O)C(=O)N(c2ccccc2)C1=O. The molecular formula is C30H25N5O4. The number of hydrogen-bond donors (Lipinski definition) is 1. The number of pyridine rings is 1. The van der Waals surface area contributed by atoms with E-state index in [2.05, 4.69) is 9.94 Å². The van der Waals surface area contributed by atoms with Gasteiger partial charge in [0.2, 0.25) is 5.91 Å². The lowest BCUT2D eigenvalue weighted by Crippen LogP contribution is -2.46. The molecule has 0 aliphatic carbocycles. The Morgan fingerprint density at radius 1 is 0.923 bits per heavy atom. The Labute approximate surface area is 223 Å². The fourth-order valence-electron chi connectivity index (χ4n) is 4.98. The first-order chi connectivity index (χ1) is 18.8. The number of para-hydroxylation sites is 2. The fourth-order valence-corrected chi connectivity index (χ4v) is 4.98. The molecule has 2 aromatic carbocycles. The van der Waals surface area contributed by atoms with Crippen LogP contribution in [-0.2, 0) is 16.6 Å². The van der Waals surface area contributed by atoms with Crippen molar-refractivity contribution in [3.63, 3.8) is 0 Å². The number of allylic oxidation sites excluding steroid dienone is 1. The van der Waals surface area contributed by atoms with Crippen molar-refractivity contribution < 1.29 is 9.59 Å². The lowest BCUT2D eigenvalue weighted by Gasteiger charge is -2.31. The van der Waals surface area contributed by atoms with Crippen LogP contribution in [0.25, 0.3) is 27.6 Å². The molecule has 1 aliphatic heterocycles. The van der Waals surface area contributed by atoms with Gasteiger partial charge in [0.15, 0.2) is 0 Å². The van der Waals surface area contributed by atoms with Crippen molar-refractivity contribution >= 4 is 34.6 Å². The largest absolute Gasteiger partial charge is 0.296 e. The number of aryl methyl sites for hydroxylation is 2. The van der Waals surface area contributed by atoms with Gasteiger partial charge >= 0.3 is 0 Å². The first kappa shape index (κ1) is 25.4. The van der Waals surface area contributed by atoms with Crippen molar-refractivity contribution in [1.29, 1.82) is 0 Å². The van der Waals surface area contributed by atoms with Crippen LogP contribution in [0.4, 0.5) is 5.69 Å². The molecule has 5 rings (SSSR count). The molecule has 0 saturated heterocycles. The summed E-state index contributed by atoms with van der Waals surface area (Å²) in [5.74, 6) is -1.83. The number of imide groups is 1. The van der Waals surface area contributed by atoms with E-state index >= 15 is 0 Å². The van der Waals surface area contributed by atoms with Crippen LogP contribution in [0, 0.1) is 19.4 Å². The molecule has 0 saturated carbocycles. The van der Waals surface area contributed by atoms with Crippen LogP contribution in [0.2, 0.25) is 0 Å². The first-order valence-corrected chi connectivity index (χ1v) is 12.3. The molecule has 9 heteroatoms. The normalized spacial score (nSPS) is 15.9.